The van der Waals surface area contributed by atoms with Gasteiger partial charge in [-0.05, 0) is 29.8 Å². The molecule has 0 saturated carbocycles. The highest BCUT2D eigenvalue weighted by atomic mass is 32.2. The zero-order valence-electron chi connectivity index (χ0n) is 11.0. The van der Waals surface area contributed by atoms with Crippen molar-refractivity contribution in [1.29, 1.82) is 0 Å². The molecule has 0 spiro atoms. The Balaban J connectivity index is 2.27. The van der Waals surface area contributed by atoms with Crippen LogP contribution < -0.4 is 11.5 Å². The molecule has 0 atom stereocenters. The fourth-order valence-corrected chi connectivity index (χ4v) is 2.91. The number of nitrogens with two attached hydrogens (primary N) is 2. The zero-order valence-corrected chi connectivity index (χ0v) is 11.9. The summed E-state index contributed by atoms with van der Waals surface area (Å²) in [7, 11) is -3.50. The maximum absolute atomic E-state index is 12.4. The third-order valence-corrected chi connectivity index (χ3v) is 4.41. The quantitative estimate of drug-likeness (QED) is 0.501. The Kier molecular flexibility index (Phi) is 4.34. The third kappa shape index (κ3) is 3.67. The van der Waals surface area contributed by atoms with E-state index < -0.39 is 9.84 Å². The van der Waals surface area contributed by atoms with Crippen LogP contribution >= 0.6 is 0 Å². The lowest BCUT2D eigenvalue weighted by atomic mass is 10.2. The molecule has 0 amide bonds. The van der Waals surface area contributed by atoms with Crippen LogP contribution in [0, 0.1) is 0 Å². The van der Waals surface area contributed by atoms with Gasteiger partial charge in [0.05, 0.1) is 16.0 Å². The molecule has 2 aromatic rings. The summed E-state index contributed by atoms with van der Waals surface area (Å²) in [6, 6.07) is 14.5. The maximum atomic E-state index is 12.4. The van der Waals surface area contributed by atoms with Crippen molar-refractivity contribution in [2.45, 2.75) is 9.79 Å². The second-order valence-corrected chi connectivity index (χ2v) is 6.10. The van der Waals surface area contributed by atoms with E-state index in [9.17, 15) is 8.42 Å². The first-order chi connectivity index (χ1) is 10.00. The molecule has 7 heteroatoms. The standard InChI is InChI=1S/C14H14N4O2S/c15-14(16)18-17-10-11-6-8-13(9-7-11)21(19,20)12-4-2-1-3-5-12/h1-10H,(H4,15,16,18)/b17-10-. The first-order valence-electron chi connectivity index (χ1n) is 6.02. The van der Waals surface area contributed by atoms with Crippen molar-refractivity contribution in [2.75, 3.05) is 0 Å². The minimum absolute atomic E-state index is 0.144. The molecule has 0 heterocycles. The summed E-state index contributed by atoms with van der Waals surface area (Å²) in [6.45, 7) is 0. The molecule has 0 aliphatic carbocycles. The van der Waals surface area contributed by atoms with Crippen molar-refractivity contribution in [3.63, 3.8) is 0 Å². The number of guanidine groups is 1. The third-order valence-electron chi connectivity index (χ3n) is 2.62. The van der Waals surface area contributed by atoms with Crippen LogP contribution in [0.1, 0.15) is 5.56 Å². The van der Waals surface area contributed by atoms with E-state index in [2.05, 4.69) is 10.2 Å². The van der Waals surface area contributed by atoms with Gasteiger partial charge in [-0.1, -0.05) is 30.3 Å². The number of sulfone groups is 1. The Morgan fingerprint density at radius 1 is 0.905 bits per heavy atom. The lowest BCUT2D eigenvalue weighted by molar-refractivity contribution is 0.596. The molecule has 0 saturated heterocycles. The molecule has 2 rings (SSSR count). The molecular weight excluding hydrogens is 288 g/mol. The molecule has 0 aromatic heterocycles. The zero-order chi connectivity index (χ0) is 15.3. The minimum atomic E-state index is -3.50. The number of benzene rings is 2. The molecule has 2 aromatic carbocycles. The van der Waals surface area contributed by atoms with Crippen LogP contribution in [-0.2, 0) is 9.84 Å². The van der Waals surface area contributed by atoms with Gasteiger partial charge in [0.2, 0.25) is 15.8 Å². The van der Waals surface area contributed by atoms with Crippen LogP contribution in [0.15, 0.2) is 74.6 Å². The van der Waals surface area contributed by atoms with Crippen LogP contribution in [0.5, 0.6) is 0 Å². The number of hydrogen-bond acceptors (Lipinski definition) is 4. The van der Waals surface area contributed by atoms with Crippen molar-refractivity contribution in [3.8, 4) is 0 Å². The van der Waals surface area contributed by atoms with E-state index in [1.54, 1.807) is 42.5 Å². The lowest BCUT2D eigenvalue weighted by Gasteiger charge is -2.04. The van der Waals surface area contributed by atoms with Crippen molar-refractivity contribution in [1.82, 2.24) is 0 Å². The van der Waals surface area contributed by atoms with E-state index in [4.69, 9.17) is 11.5 Å². The Morgan fingerprint density at radius 3 is 2.05 bits per heavy atom. The summed E-state index contributed by atoms with van der Waals surface area (Å²) in [4.78, 5) is 0.472. The number of nitrogens with zero attached hydrogens (tertiary/aromatic N) is 2. The van der Waals surface area contributed by atoms with E-state index in [1.165, 1.54) is 18.3 Å². The maximum Gasteiger partial charge on any atom is 0.211 e. The van der Waals surface area contributed by atoms with Crippen LogP contribution in [0.4, 0.5) is 0 Å². The van der Waals surface area contributed by atoms with Gasteiger partial charge in [-0.15, -0.1) is 5.10 Å². The summed E-state index contributed by atoms with van der Waals surface area (Å²) >= 11 is 0. The predicted octanol–water partition coefficient (Wildman–Crippen LogP) is 1.13. The Morgan fingerprint density at radius 2 is 1.48 bits per heavy atom. The molecule has 4 N–H and O–H groups in total. The predicted molar refractivity (Wildman–Crippen MR) is 81.7 cm³/mol. The molecule has 0 fully saturated rings. The van der Waals surface area contributed by atoms with E-state index in [-0.39, 0.29) is 15.8 Å². The summed E-state index contributed by atoms with van der Waals surface area (Å²) in [5.41, 5.74) is 11.0. The fourth-order valence-electron chi connectivity index (χ4n) is 1.63. The van der Waals surface area contributed by atoms with Gasteiger partial charge in [-0.2, -0.15) is 5.10 Å². The van der Waals surface area contributed by atoms with Gasteiger partial charge >= 0.3 is 0 Å². The average Bonchev–Trinajstić information content (AvgIpc) is 2.48. The molecule has 108 valence electrons. The molecule has 0 unspecified atom stereocenters. The topological polar surface area (TPSA) is 111 Å². The Hall–Kier alpha value is -2.67. The first kappa shape index (κ1) is 14.7. The van der Waals surface area contributed by atoms with Crippen LogP contribution in [0.25, 0.3) is 0 Å². The van der Waals surface area contributed by atoms with Gasteiger partial charge in [0.15, 0.2) is 0 Å². The number of hydrogen-bond donors (Lipinski definition) is 2. The highest BCUT2D eigenvalue weighted by molar-refractivity contribution is 7.91. The summed E-state index contributed by atoms with van der Waals surface area (Å²) < 4.78 is 24.7. The molecule has 0 bridgehead atoms. The van der Waals surface area contributed by atoms with Crippen LogP contribution in [0.3, 0.4) is 0 Å². The molecule has 21 heavy (non-hydrogen) atoms. The van der Waals surface area contributed by atoms with Crippen LogP contribution in [-0.4, -0.2) is 20.6 Å². The Labute approximate surface area is 122 Å². The van der Waals surface area contributed by atoms with Crippen LogP contribution in [0.2, 0.25) is 0 Å². The molecular formula is C14H14N4O2S. The summed E-state index contributed by atoms with van der Waals surface area (Å²) in [5.74, 6) is -0.144. The van der Waals surface area contributed by atoms with Crippen molar-refractivity contribution < 1.29 is 8.42 Å². The van der Waals surface area contributed by atoms with Gasteiger partial charge in [0.25, 0.3) is 0 Å². The second-order valence-electron chi connectivity index (χ2n) is 4.15. The lowest BCUT2D eigenvalue weighted by Crippen LogP contribution is -2.21. The van der Waals surface area contributed by atoms with E-state index in [1.807, 2.05) is 0 Å². The minimum Gasteiger partial charge on any atom is -0.369 e. The van der Waals surface area contributed by atoms with Gasteiger partial charge < -0.3 is 11.5 Å². The highest BCUT2D eigenvalue weighted by Gasteiger charge is 2.16. The Bertz CT molecular complexity index is 762. The molecule has 0 radical (unpaired) electrons. The van der Waals surface area contributed by atoms with E-state index in [0.717, 1.165) is 0 Å². The molecule has 0 aliphatic heterocycles. The summed E-state index contributed by atoms with van der Waals surface area (Å²) in [6.07, 6.45) is 1.43. The largest absolute Gasteiger partial charge is 0.369 e. The van der Waals surface area contributed by atoms with Gasteiger partial charge in [-0.25, -0.2) is 8.42 Å². The summed E-state index contributed by atoms with van der Waals surface area (Å²) in [5, 5.41) is 7.12. The smallest absolute Gasteiger partial charge is 0.211 e. The SMILES string of the molecule is NC(N)=N/N=C\c1ccc(S(=O)(=O)c2ccccc2)cc1. The van der Waals surface area contributed by atoms with Gasteiger partial charge in [-0.3, -0.25) is 0 Å². The van der Waals surface area contributed by atoms with Gasteiger partial charge in [0.1, 0.15) is 0 Å². The van der Waals surface area contributed by atoms with E-state index in [0.29, 0.717) is 5.56 Å². The normalized spacial score (nSPS) is 11.4. The van der Waals surface area contributed by atoms with Gasteiger partial charge in [0, 0.05) is 0 Å². The average molecular weight is 302 g/mol. The second kappa shape index (κ2) is 6.19. The molecule has 6 nitrogen and oxygen atoms in total. The van der Waals surface area contributed by atoms with E-state index >= 15 is 0 Å². The van der Waals surface area contributed by atoms with Crippen molar-refractivity contribution in [3.05, 3.63) is 60.2 Å². The fraction of sp³-hybridized carbons (Fsp3) is 0. The monoisotopic (exact) mass is 302 g/mol. The van der Waals surface area contributed by atoms with Crippen molar-refractivity contribution in [2.24, 2.45) is 21.7 Å². The highest BCUT2D eigenvalue weighted by Crippen LogP contribution is 2.20. The molecule has 0 aliphatic rings. The first-order valence-corrected chi connectivity index (χ1v) is 7.50. The van der Waals surface area contributed by atoms with Crippen molar-refractivity contribution >= 4 is 22.0 Å². The number of rotatable bonds is 4.